The molecule has 5 heteroatoms. The molecular formula is C14H23N5. The Hall–Kier alpha value is -1.36. The van der Waals surface area contributed by atoms with E-state index < -0.39 is 0 Å². The van der Waals surface area contributed by atoms with Gasteiger partial charge in [-0.15, -0.1) is 0 Å². The predicted octanol–water partition coefficient (Wildman–Crippen LogP) is 1.83. The second kappa shape index (κ2) is 4.96. The van der Waals surface area contributed by atoms with E-state index in [0.29, 0.717) is 17.8 Å². The van der Waals surface area contributed by atoms with E-state index in [2.05, 4.69) is 34.0 Å². The minimum atomic E-state index is 0.338. The van der Waals surface area contributed by atoms with Crippen LogP contribution in [-0.2, 0) is 0 Å². The van der Waals surface area contributed by atoms with Crippen LogP contribution in [-0.4, -0.2) is 40.0 Å². The highest BCUT2D eigenvalue weighted by molar-refractivity contribution is 5.57. The van der Waals surface area contributed by atoms with E-state index in [0.717, 1.165) is 24.0 Å². The van der Waals surface area contributed by atoms with E-state index in [1.54, 1.807) is 6.33 Å². The second-order valence-electron chi connectivity index (χ2n) is 6.03. The SMILES string of the molecule is CC(C)c1c(N)ncnc1NC1CCN(C2CC2)C1. The van der Waals surface area contributed by atoms with Crippen LogP contribution in [0.15, 0.2) is 6.33 Å². The smallest absolute Gasteiger partial charge is 0.135 e. The topological polar surface area (TPSA) is 67.1 Å². The van der Waals surface area contributed by atoms with Crippen LogP contribution in [0.2, 0.25) is 0 Å². The molecule has 19 heavy (non-hydrogen) atoms. The van der Waals surface area contributed by atoms with Crippen LogP contribution in [0, 0.1) is 0 Å². The number of anilines is 2. The van der Waals surface area contributed by atoms with Gasteiger partial charge in [0.25, 0.3) is 0 Å². The maximum Gasteiger partial charge on any atom is 0.135 e. The maximum atomic E-state index is 5.98. The molecule has 1 atom stereocenters. The zero-order chi connectivity index (χ0) is 13.4. The summed E-state index contributed by atoms with van der Waals surface area (Å²) in [4.78, 5) is 11.1. The number of rotatable bonds is 4. The molecular weight excluding hydrogens is 238 g/mol. The van der Waals surface area contributed by atoms with Gasteiger partial charge in [0, 0.05) is 30.7 Å². The van der Waals surface area contributed by atoms with E-state index in [9.17, 15) is 0 Å². The van der Waals surface area contributed by atoms with Crippen molar-refractivity contribution in [2.45, 2.75) is 51.1 Å². The Kier molecular flexibility index (Phi) is 3.31. The summed E-state index contributed by atoms with van der Waals surface area (Å²) in [6.07, 6.45) is 5.50. The van der Waals surface area contributed by atoms with Crippen molar-refractivity contribution >= 4 is 11.6 Å². The summed E-state index contributed by atoms with van der Waals surface area (Å²) < 4.78 is 0. The van der Waals surface area contributed by atoms with Gasteiger partial charge in [-0.2, -0.15) is 0 Å². The van der Waals surface area contributed by atoms with Crippen molar-refractivity contribution in [3.05, 3.63) is 11.9 Å². The first-order valence-corrected chi connectivity index (χ1v) is 7.26. The number of nitrogen functional groups attached to an aromatic ring is 1. The molecule has 5 nitrogen and oxygen atoms in total. The summed E-state index contributed by atoms with van der Waals surface area (Å²) in [5.74, 6) is 1.86. The monoisotopic (exact) mass is 261 g/mol. The third-order valence-corrected chi connectivity index (χ3v) is 4.12. The van der Waals surface area contributed by atoms with Crippen molar-refractivity contribution < 1.29 is 0 Å². The molecule has 1 aromatic heterocycles. The van der Waals surface area contributed by atoms with Crippen LogP contribution in [0.5, 0.6) is 0 Å². The van der Waals surface area contributed by atoms with Gasteiger partial charge in [-0.1, -0.05) is 13.8 Å². The summed E-state index contributed by atoms with van der Waals surface area (Å²) in [5, 5.41) is 3.57. The molecule has 1 aliphatic carbocycles. The fraction of sp³-hybridized carbons (Fsp3) is 0.714. The molecule has 104 valence electrons. The van der Waals surface area contributed by atoms with Gasteiger partial charge in [0.05, 0.1) is 0 Å². The Morgan fingerprint density at radius 3 is 2.79 bits per heavy atom. The average Bonchev–Trinajstić information content (AvgIpc) is 3.10. The molecule has 0 aromatic carbocycles. The molecule has 1 aliphatic heterocycles. The Morgan fingerprint density at radius 1 is 1.32 bits per heavy atom. The van der Waals surface area contributed by atoms with Crippen LogP contribution in [0.1, 0.15) is 44.6 Å². The zero-order valence-electron chi connectivity index (χ0n) is 11.8. The number of nitrogens with zero attached hydrogens (tertiary/aromatic N) is 3. The largest absolute Gasteiger partial charge is 0.383 e. The summed E-state index contributed by atoms with van der Waals surface area (Å²) in [6.45, 7) is 6.60. The average molecular weight is 261 g/mol. The molecule has 0 amide bonds. The second-order valence-corrected chi connectivity index (χ2v) is 6.03. The molecule has 1 saturated carbocycles. The van der Waals surface area contributed by atoms with Crippen molar-refractivity contribution in [1.82, 2.24) is 14.9 Å². The number of likely N-dealkylation sites (tertiary alicyclic amines) is 1. The maximum absolute atomic E-state index is 5.98. The van der Waals surface area contributed by atoms with Crippen LogP contribution >= 0.6 is 0 Å². The lowest BCUT2D eigenvalue weighted by Crippen LogP contribution is -2.28. The van der Waals surface area contributed by atoms with Crippen molar-refractivity contribution in [2.24, 2.45) is 0 Å². The van der Waals surface area contributed by atoms with E-state index in [1.807, 2.05) is 0 Å². The van der Waals surface area contributed by atoms with E-state index in [-0.39, 0.29) is 0 Å². The van der Waals surface area contributed by atoms with Gasteiger partial charge in [-0.3, -0.25) is 4.90 Å². The van der Waals surface area contributed by atoms with E-state index in [1.165, 1.54) is 25.8 Å². The summed E-state index contributed by atoms with van der Waals surface area (Å²) >= 11 is 0. The van der Waals surface area contributed by atoms with Crippen molar-refractivity contribution in [2.75, 3.05) is 24.1 Å². The molecule has 0 spiro atoms. The van der Waals surface area contributed by atoms with Gasteiger partial charge in [-0.25, -0.2) is 9.97 Å². The first-order valence-electron chi connectivity index (χ1n) is 7.26. The van der Waals surface area contributed by atoms with Gasteiger partial charge < -0.3 is 11.1 Å². The Morgan fingerprint density at radius 2 is 2.11 bits per heavy atom. The third kappa shape index (κ3) is 2.66. The fourth-order valence-electron chi connectivity index (χ4n) is 2.96. The molecule has 1 aromatic rings. The van der Waals surface area contributed by atoms with Gasteiger partial charge >= 0.3 is 0 Å². The summed E-state index contributed by atoms with van der Waals surface area (Å²) in [5.41, 5.74) is 7.03. The minimum absolute atomic E-state index is 0.338. The molecule has 2 heterocycles. The minimum Gasteiger partial charge on any atom is -0.383 e. The molecule has 2 aliphatic rings. The molecule has 0 radical (unpaired) electrons. The predicted molar refractivity (Wildman–Crippen MR) is 77.2 cm³/mol. The van der Waals surface area contributed by atoms with Gasteiger partial charge in [0.15, 0.2) is 0 Å². The van der Waals surface area contributed by atoms with Gasteiger partial charge in [0.2, 0.25) is 0 Å². The highest BCUT2D eigenvalue weighted by Crippen LogP contribution is 2.32. The molecule has 0 bridgehead atoms. The van der Waals surface area contributed by atoms with Crippen molar-refractivity contribution in [3.63, 3.8) is 0 Å². The van der Waals surface area contributed by atoms with E-state index >= 15 is 0 Å². The Bertz CT molecular complexity index is 455. The lowest BCUT2D eigenvalue weighted by Gasteiger charge is -2.19. The number of nitrogens with one attached hydrogen (secondary N) is 1. The number of nitrogens with two attached hydrogens (primary N) is 1. The van der Waals surface area contributed by atoms with E-state index in [4.69, 9.17) is 5.73 Å². The zero-order valence-corrected chi connectivity index (χ0v) is 11.8. The lowest BCUT2D eigenvalue weighted by molar-refractivity contribution is 0.326. The highest BCUT2D eigenvalue weighted by Gasteiger charge is 2.34. The molecule has 3 rings (SSSR count). The number of hydrogen-bond donors (Lipinski definition) is 2. The Labute approximate surface area is 114 Å². The quantitative estimate of drug-likeness (QED) is 0.865. The van der Waals surface area contributed by atoms with Crippen LogP contribution < -0.4 is 11.1 Å². The first-order chi connectivity index (χ1) is 9.15. The van der Waals surface area contributed by atoms with Crippen LogP contribution in [0.3, 0.4) is 0 Å². The number of hydrogen-bond acceptors (Lipinski definition) is 5. The van der Waals surface area contributed by atoms with Gasteiger partial charge in [0.1, 0.15) is 18.0 Å². The number of aromatic nitrogens is 2. The molecule has 1 saturated heterocycles. The first kappa shape index (κ1) is 12.7. The van der Waals surface area contributed by atoms with Crippen molar-refractivity contribution in [1.29, 1.82) is 0 Å². The molecule has 1 unspecified atom stereocenters. The molecule has 3 N–H and O–H groups in total. The van der Waals surface area contributed by atoms with Crippen LogP contribution in [0.4, 0.5) is 11.6 Å². The lowest BCUT2D eigenvalue weighted by atomic mass is 10.0. The normalized spacial score (nSPS) is 24.1. The third-order valence-electron chi connectivity index (χ3n) is 4.12. The summed E-state index contributed by atoms with van der Waals surface area (Å²) in [7, 11) is 0. The van der Waals surface area contributed by atoms with Crippen molar-refractivity contribution in [3.8, 4) is 0 Å². The fourth-order valence-corrected chi connectivity index (χ4v) is 2.96. The Balaban J connectivity index is 1.71. The van der Waals surface area contributed by atoms with Crippen LogP contribution in [0.25, 0.3) is 0 Å². The highest BCUT2D eigenvalue weighted by atomic mass is 15.2. The molecule has 2 fully saturated rings. The van der Waals surface area contributed by atoms with Gasteiger partial charge in [-0.05, 0) is 25.2 Å². The standard InChI is InChI=1S/C14H23N5/c1-9(2)12-13(15)16-8-17-14(12)18-10-5-6-19(7-10)11-3-4-11/h8-11H,3-7H2,1-2H3,(H3,15,16,17,18). The summed E-state index contributed by atoms with van der Waals surface area (Å²) in [6, 6.07) is 1.35.